The number of hydrogen-bond acceptors (Lipinski definition) is 2. The molecule has 0 aromatic heterocycles. The van der Waals surface area contributed by atoms with Crippen LogP contribution < -0.4 is 0 Å². The molecule has 0 aliphatic heterocycles. The minimum Gasteiger partial charge on any atom is -0.356 e. The van der Waals surface area contributed by atoms with Crippen molar-refractivity contribution in [3.63, 3.8) is 0 Å². The SMILES string of the molecule is CCOCOC(C)(CC1CC2CCC1C2)C(F)(F)F. The molecular weight excluding hydrogens is 257 g/mol. The smallest absolute Gasteiger partial charge is 0.356 e. The zero-order valence-electron chi connectivity index (χ0n) is 11.6. The Kier molecular flexibility index (Phi) is 4.45. The van der Waals surface area contributed by atoms with Crippen molar-refractivity contribution < 1.29 is 22.6 Å². The van der Waals surface area contributed by atoms with E-state index in [0.29, 0.717) is 18.4 Å². The summed E-state index contributed by atoms with van der Waals surface area (Å²) in [5.74, 6) is 1.29. The van der Waals surface area contributed by atoms with E-state index in [2.05, 4.69) is 0 Å². The van der Waals surface area contributed by atoms with Gasteiger partial charge in [0.15, 0.2) is 5.60 Å². The molecule has 2 saturated carbocycles. The molecule has 0 amide bonds. The van der Waals surface area contributed by atoms with Gasteiger partial charge in [-0.2, -0.15) is 13.2 Å². The van der Waals surface area contributed by atoms with E-state index >= 15 is 0 Å². The van der Waals surface area contributed by atoms with E-state index in [9.17, 15) is 13.2 Å². The molecule has 4 atom stereocenters. The highest BCUT2D eigenvalue weighted by Crippen LogP contribution is 2.52. The molecule has 0 saturated heterocycles. The zero-order valence-corrected chi connectivity index (χ0v) is 11.6. The van der Waals surface area contributed by atoms with Crippen LogP contribution in [0.1, 0.15) is 46.0 Å². The molecule has 2 aliphatic carbocycles. The van der Waals surface area contributed by atoms with Crippen LogP contribution in [0, 0.1) is 17.8 Å². The number of hydrogen-bond donors (Lipinski definition) is 0. The fourth-order valence-corrected chi connectivity index (χ4v) is 3.64. The standard InChI is InChI=1S/C14H23F3O2/c1-3-18-9-19-13(2,14(15,16)17)8-12-7-10-4-5-11(12)6-10/h10-12H,3-9H2,1-2H3. The van der Waals surface area contributed by atoms with Gasteiger partial charge in [-0.15, -0.1) is 0 Å². The number of rotatable bonds is 6. The second-order valence-electron chi connectivity index (χ2n) is 6.12. The maximum absolute atomic E-state index is 13.2. The predicted molar refractivity (Wildman–Crippen MR) is 65.6 cm³/mol. The Morgan fingerprint density at radius 3 is 2.37 bits per heavy atom. The van der Waals surface area contributed by atoms with Crippen LogP contribution in [0.3, 0.4) is 0 Å². The van der Waals surface area contributed by atoms with Crippen molar-refractivity contribution >= 4 is 0 Å². The molecule has 2 nitrogen and oxygen atoms in total. The molecule has 2 fully saturated rings. The molecule has 2 rings (SSSR count). The largest absolute Gasteiger partial charge is 0.417 e. The Balaban J connectivity index is 1.97. The number of ether oxygens (including phenoxy) is 2. The molecular formula is C14H23F3O2. The molecule has 19 heavy (non-hydrogen) atoms. The molecule has 5 heteroatoms. The minimum absolute atomic E-state index is 0.0741. The highest BCUT2D eigenvalue weighted by Gasteiger charge is 2.55. The lowest BCUT2D eigenvalue weighted by Crippen LogP contribution is -2.47. The van der Waals surface area contributed by atoms with Crippen molar-refractivity contribution in [2.45, 2.75) is 57.7 Å². The monoisotopic (exact) mass is 280 g/mol. The molecule has 0 aromatic rings. The Labute approximate surface area is 112 Å². The maximum atomic E-state index is 13.2. The quantitative estimate of drug-likeness (QED) is 0.537. The highest BCUT2D eigenvalue weighted by atomic mass is 19.4. The van der Waals surface area contributed by atoms with Gasteiger partial charge in [0, 0.05) is 6.61 Å². The second kappa shape index (κ2) is 5.60. The lowest BCUT2D eigenvalue weighted by molar-refractivity contribution is -0.297. The Morgan fingerprint density at radius 2 is 1.89 bits per heavy atom. The van der Waals surface area contributed by atoms with Crippen LogP contribution in [0.2, 0.25) is 0 Å². The van der Waals surface area contributed by atoms with Gasteiger partial charge in [-0.25, -0.2) is 0 Å². The first-order chi connectivity index (χ1) is 8.86. The summed E-state index contributed by atoms with van der Waals surface area (Å²) >= 11 is 0. The van der Waals surface area contributed by atoms with Crippen molar-refractivity contribution in [1.82, 2.24) is 0 Å². The Hall–Kier alpha value is -0.290. The summed E-state index contributed by atoms with van der Waals surface area (Å²) < 4.78 is 49.7. The molecule has 4 unspecified atom stereocenters. The van der Waals surface area contributed by atoms with E-state index in [1.807, 2.05) is 0 Å². The topological polar surface area (TPSA) is 18.5 Å². The normalized spacial score (nSPS) is 33.6. The summed E-state index contributed by atoms with van der Waals surface area (Å²) in [6.07, 6.45) is 0.0769. The summed E-state index contributed by atoms with van der Waals surface area (Å²) in [4.78, 5) is 0. The van der Waals surface area contributed by atoms with Gasteiger partial charge in [-0.05, 0) is 57.3 Å². The molecule has 112 valence electrons. The van der Waals surface area contributed by atoms with E-state index in [1.54, 1.807) is 6.92 Å². The summed E-state index contributed by atoms with van der Waals surface area (Å²) in [5, 5.41) is 0. The van der Waals surface area contributed by atoms with Crippen LogP contribution >= 0.6 is 0 Å². The first-order valence-electron chi connectivity index (χ1n) is 7.14. The lowest BCUT2D eigenvalue weighted by atomic mass is 9.80. The third-order valence-corrected chi connectivity index (χ3v) is 4.80. The predicted octanol–water partition coefficient (Wildman–Crippen LogP) is 4.14. The second-order valence-corrected chi connectivity index (χ2v) is 6.12. The molecule has 2 aliphatic rings. The molecule has 2 bridgehead atoms. The van der Waals surface area contributed by atoms with E-state index < -0.39 is 11.8 Å². The van der Waals surface area contributed by atoms with Crippen LogP contribution in [0.5, 0.6) is 0 Å². The minimum atomic E-state index is -4.34. The average molecular weight is 280 g/mol. The first kappa shape index (κ1) is 15.1. The van der Waals surface area contributed by atoms with Gasteiger partial charge in [-0.1, -0.05) is 6.42 Å². The first-order valence-corrected chi connectivity index (χ1v) is 7.14. The van der Waals surface area contributed by atoms with Crippen LogP contribution in [-0.4, -0.2) is 25.2 Å². The van der Waals surface area contributed by atoms with E-state index in [-0.39, 0.29) is 19.1 Å². The highest BCUT2D eigenvalue weighted by molar-refractivity contribution is 4.95. The van der Waals surface area contributed by atoms with Gasteiger partial charge in [0.2, 0.25) is 0 Å². The summed E-state index contributed by atoms with van der Waals surface area (Å²) in [5.41, 5.74) is -2.07. The van der Waals surface area contributed by atoms with Gasteiger partial charge in [-0.3, -0.25) is 0 Å². The van der Waals surface area contributed by atoms with Crippen molar-refractivity contribution in [2.75, 3.05) is 13.4 Å². The van der Waals surface area contributed by atoms with Gasteiger partial charge in [0.1, 0.15) is 6.79 Å². The van der Waals surface area contributed by atoms with E-state index in [1.165, 1.54) is 6.42 Å². The Morgan fingerprint density at radius 1 is 1.16 bits per heavy atom. The number of halogens is 3. The molecule has 0 spiro atoms. The Bertz CT molecular complexity index is 306. The molecule has 0 heterocycles. The molecule has 0 radical (unpaired) electrons. The van der Waals surface area contributed by atoms with Crippen LogP contribution in [-0.2, 0) is 9.47 Å². The maximum Gasteiger partial charge on any atom is 0.417 e. The summed E-state index contributed by atoms with van der Waals surface area (Å²) in [6.45, 7) is 2.98. The van der Waals surface area contributed by atoms with Gasteiger partial charge >= 0.3 is 6.18 Å². The lowest BCUT2D eigenvalue weighted by Gasteiger charge is -2.36. The van der Waals surface area contributed by atoms with Crippen molar-refractivity contribution in [3.8, 4) is 0 Å². The third kappa shape index (κ3) is 3.24. The average Bonchev–Trinajstić information content (AvgIpc) is 2.89. The van der Waals surface area contributed by atoms with Crippen LogP contribution in [0.25, 0.3) is 0 Å². The fourth-order valence-electron chi connectivity index (χ4n) is 3.64. The molecule has 0 N–H and O–H groups in total. The third-order valence-electron chi connectivity index (χ3n) is 4.80. The summed E-state index contributed by atoms with van der Waals surface area (Å²) in [7, 11) is 0. The molecule has 0 aromatic carbocycles. The van der Waals surface area contributed by atoms with Crippen LogP contribution in [0.4, 0.5) is 13.2 Å². The van der Waals surface area contributed by atoms with Crippen molar-refractivity contribution in [1.29, 1.82) is 0 Å². The van der Waals surface area contributed by atoms with Crippen molar-refractivity contribution in [3.05, 3.63) is 0 Å². The number of alkyl halides is 3. The number of fused-ring (bicyclic) bond motifs is 2. The zero-order chi connectivity index (χ0) is 14.1. The van der Waals surface area contributed by atoms with Crippen LogP contribution in [0.15, 0.2) is 0 Å². The fraction of sp³-hybridized carbons (Fsp3) is 1.00. The van der Waals surface area contributed by atoms with E-state index in [0.717, 1.165) is 26.2 Å². The van der Waals surface area contributed by atoms with Gasteiger partial charge in [0.25, 0.3) is 0 Å². The summed E-state index contributed by atoms with van der Waals surface area (Å²) in [6, 6.07) is 0. The van der Waals surface area contributed by atoms with Gasteiger partial charge in [0.05, 0.1) is 0 Å². The van der Waals surface area contributed by atoms with E-state index in [4.69, 9.17) is 9.47 Å². The van der Waals surface area contributed by atoms with Crippen molar-refractivity contribution in [2.24, 2.45) is 17.8 Å². The van der Waals surface area contributed by atoms with Gasteiger partial charge < -0.3 is 9.47 Å².